The third-order valence-electron chi connectivity index (χ3n) is 4.59. The summed E-state index contributed by atoms with van der Waals surface area (Å²) in [5.74, 6) is 0.398. The zero-order chi connectivity index (χ0) is 19.8. The summed E-state index contributed by atoms with van der Waals surface area (Å²) in [4.78, 5) is 19.9. The average Bonchev–Trinajstić information content (AvgIpc) is 3.28. The maximum Gasteiger partial charge on any atom is 0.434 e. The molecule has 2 N–H and O–H groups in total. The van der Waals surface area contributed by atoms with Gasteiger partial charge >= 0.3 is 12.3 Å². The van der Waals surface area contributed by atoms with E-state index in [9.17, 15) is 18.0 Å². The molecule has 27 heavy (non-hydrogen) atoms. The van der Waals surface area contributed by atoms with E-state index in [1.54, 1.807) is 20.8 Å². The largest absolute Gasteiger partial charge is 0.444 e. The quantitative estimate of drug-likeness (QED) is 0.810. The van der Waals surface area contributed by atoms with Crippen molar-refractivity contribution < 1.29 is 22.7 Å². The van der Waals surface area contributed by atoms with Crippen molar-refractivity contribution in [1.29, 1.82) is 0 Å². The van der Waals surface area contributed by atoms with Gasteiger partial charge in [-0.05, 0) is 52.9 Å². The molecule has 0 spiro atoms. The molecule has 0 unspecified atom stereocenters. The van der Waals surface area contributed by atoms with Crippen LogP contribution in [0.3, 0.4) is 0 Å². The Balaban J connectivity index is 1.71. The number of rotatable bonds is 4. The Morgan fingerprint density at radius 1 is 1.15 bits per heavy atom. The van der Waals surface area contributed by atoms with Crippen LogP contribution in [0.1, 0.15) is 70.2 Å². The number of carbonyl (C=O) groups excluding carboxylic acids is 1. The van der Waals surface area contributed by atoms with Crippen molar-refractivity contribution in [3.63, 3.8) is 0 Å². The van der Waals surface area contributed by atoms with Crippen LogP contribution >= 0.6 is 0 Å². The Morgan fingerprint density at radius 2 is 1.81 bits per heavy atom. The third-order valence-corrected chi connectivity index (χ3v) is 4.59. The van der Waals surface area contributed by atoms with Crippen LogP contribution < -0.4 is 10.6 Å². The Bertz CT molecular complexity index is 699. The van der Waals surface area contributed by atoms with E-state index in [1.807, 2.05) is 0 Å². The first-order valence-corrected chi connectivity index (χ1v) is 9.23. The number of nitrogens with one attached hydrogen (secondary N) is 2. The van der Waals surface area contributed by atoms with Crippen molar-refractivity contribution in [3.8, 4) is 0 Å². The van der Waals surface area contributed by atoms with E-state index in [0.717, 1.165) is 38.3 Å². The highest BCUT2D eigenvalue weighted by atomic mass is 19.4. The highest BCUT2D eigenvalue weighted by Crippen LogP contribution is 2.43. The first-order chi connectivity index (χ1) is 12.5. The van der Waals surface area contributed by atoms with Crippen LogP contribution in [0.4, 0.5) is 23.8 Å². The zero-order valence-corrected chi connectivity index (χ0v) is 15.7. The van der Waals surface area contributed by atoms with Crippen molar-refractivity contribution in [3.05, 3.63) is 17.6 Å². The second-order valence-electron chi connectivity index (χ2n) is 8.20. The van der Waals surface area contributed by atoms with Gasteiger partial charge in [0.1, 0.15) is 11.4 Å². The molecule has 2 fully saturated rings. The third kappa shape index (κ3) is 5.23. The number of halogens is 3. The summed E-state index contributed by atoms with van der Waals surface area (Å²) in [6.45, 7) is 5.37. The van der Waals surface area contributed by atoms with E-state index >= 15 is 0 Å². The Hall–Kier alpha value is -2.06. The second kappa shape index (κ2) is 7.16. The van der Waals surface area contributed by atoms with Crippen LogP contribution in [0.25, 0.3) is 0 Å². The van der Waals surface area contributed by atoms with Gasteiger partial charge in [-0.1, -0.05) is 0 Å². The lowest BCUT2D eigenvalue weighted by Gasteiger charge is -2.26. The van der Waals surface area contributed by atoms with Gasteiger partial charge in [-0.3, -0.25) is 0 Å². The fourth-order valence-corrected chi connectivity index (χ4v) is 3.23. The Labute approximate surface area is 156 Å². The molecule has 1 heterocycles. The highest BCUT2D eigenvalue weighted by Gasteiger charge is 2.38. The van der Waals surface area contributed by atoms with Crippen LogP contribution in [0.2, 0.25) is 0 Å². The van der Waals surface area contributed by atoms with Crippen molar-refractivity contribution in [2.45, 2.75) is 82.7 Å². The van der Waals surface area contributed by atoms with E-state index < -0.39 is 23.6 Å². The molecule has 0 radical (unpaired) electrons. The minimum absolute atomic E-state index is 0.0148. The molecule has 150 valence electrons. The minimum Gasteiger partial charge on any atom is -0.444 e. The number of hydrogen-bond acceptors (Lipinski definition) is 5. The van der Waals surface area contributed by atoms with Crippen molar-refractivity contribution in [1.82, 2.24) is 15.3 Å². The van der Waals surface area contributed by atoms with Gasteiger partial charge < -0.3 is 15.4 Å². The summed E-state index contributed by atoms with van der Waals surface area (Å²) in [5.41, 5.74) is -1.19. The fourth-order valence-electron chi connectivity index (χ4n) is 3.23. The van der Waals surface area contributed by atoms with Crippen LogP contribution in [-0.4, -0.2) is 33.7 Å². The van der Waals surface area contributed by atoms with E-state index in [-0.39, 0.29) is 18.0 Å². The van der Waals surface area contributed by atoms with E-state index in [4.69, 9.17) is 4.74 Å². The van der Waals surface area contributed by atoms with E-state index in [0.29, 0.717) is 11.5 Å². The minimum atomic E-state index is -4.51. The van der Waals surface area contributed by atoms with Crippen LogP contribution in [0.5, 0.6) is 0 Å². The maximum atomic E-state index is 12.9. The first kappa shape index (κ1) is 19.7. The number of hydrogen-bond donors (Lipinski definition) is 2. The lowest BCUT2D eigenvalue weighted by Crippen LogP contribution is -2.45. The summed E-state index contributed by atoms with van der Waals surface area (Å²) in [6.07, 6.45) is -0.170. The predicted molar refractivity (Wildman–Crippen MR) is 93.4 cm³/mol. The molecular formula is C18H25F3N4O2. The molecule has 2 aliphatic rings. The molecule has 1 aromatic heterocycles. The van der Waals surface area contributed by atoms with Gasteiger partial charge in [0, 0.05) is 12.0 Å². The zero-order valence-electron chi connectivity index (χ0n) is 15.7. The molecule has 2 aliphatic carbocycles. The molecule has 9 heteroatoms. The molecule has 0 aliphatic heterocycles. The topological polar surface area (TPSA) is 76.1 Å². The molecule has 2 atom stereocenters. The predicted octanol–water partition coefficient (Wildman–Crippen LogP) is 4.23. The lowest BCUT2D eigenvalue weighted by atomic mass is 10.1. The highest BCUT2D eigenvalue weighted by molar-refractivity contribution is 5.68. The molecular weight excluding hydrogens is 361 g/mol. The Kier molecular flexibility index (Phi) is 5.22. The van der Waals surface area contributed by atoms with Gasteiger partial charge in [-0.25, -0.2) is 14.8 Å². The fraction of sp³-hybridized carbons (Fsp3) is 0.722. The molecule has 0 aromatic carbocycles. The molecule has 0 bridgehead atoms. The number of ether oxygens (including phenoxy) is 1. The van der Waals surface area contributed by atoms with Gasteiger partial charge in [0.2, 0.25) is 0 Å². The summed E-state index contributed by atoms with van der Waals surface area (Å²) in [7, 11) is 0. The number of anilines is 1. The number of alkyl carbamates (subject to hydrolysis) is 1. The summed E-state index contributed by atoms with van der Waals surface area (Å²) in [5, 5.41) is 6.07. The second-order valence-corrected chi connectivity index (χ2v) is 8.20. The number of aromatic nitrogens is 2. The smallest absolute Gasteiger partial charge is 0.434 e. The van der Waals surface area contributed by atoms with Gasteiger partial charge in [-0.2, -0.15) is 13.2 Å². The van der Waals surface area contributed by atoms with Crippen molar-refractivity contribution >= 4 is 11.9 Å². The van der Waals surface area contributed by atoms with Crippen LogP contribution in [-0.2, 0) is 10.9 Å². The number of nitrogens with zero attached hydrogens (tertiary/aromatic N) is 2. The van der Waals surface area contributed by atoms with E-state index in [1.165, 1.54) is 0 Å². The normalized spacial score (nSPS) is 23.2. The first-order valence-electron chi connectivity index (χ1n) is 9.23. The number of alkyl halides is 3. The molecule has 3 rings (SSSR count). The summed E-state index contributed by atoms with van der Waals surface area (Å²) in [6, 6.07) is -0.294. The van der Waals surface area contributed by atoms with Crippen LogP contribution in [0.15, 0.2) is 6.20 Å². The van der Waals surface area contributed by atoms with Gasteiger partial charge in [0.15, 0.2) is 5.69 Å². The number of amides is 1. The molecule has 2 saturated carbocycles. The summed E-state index contributed by atoms with van der Waals surface area (Å²) < 4.78 is 44.1. The van der Waals surface area contributed by atoms with Gasteiger partial charge in [0.25, 0.3) is 0 Å². The average molecular weight is 386 g/mol. The molecule has 6 nitrogen and oxygen atoms in total. The lowest BCUT2D eigenvalue weighted by molar-refractivity contribution is -0.141. The SMILES string of the molecule is CC(C)(C)OC(=O)N[C@H]1CCC[C@@H]1Nc1ncc(C(F)(F)F)nc1C1CC1. The van der Waals surface area contributed by atoms with Crippen molar-refractivity contribution in [2.75, 3.05) is 5.32 Å². The standard InChI is InChI=1S/C18H25F3N4O2/c1-17(2,3)27-16(26)24-12-6-4-5-11(12)23-15-14(10-7-8-10)25-13(9-22-15)18(19,20)21/h9-12H,4-8H2,1-3H3,(H,22,23)(H,24,26)/t11-,12-/m0/s1. The summed E-state index contributed by atoms with van der Waals surface area (Å²) >= 11 is 0. The van der Waals surface area contributed by atoms with Gasteiger partial charge in [-0.15, -0.1) is 0 Å². The molecule has 1 amide bonds. The monoisotopic (exact) mass is 386 g/mol. The molecule has 0 saturated heterocycles. The van der Waals surface area contributed by atoms with Gasteiger partial charge in [0.05, 0.1) is 17.9 Å². The molecule has 1 aromatic rings. The maximum absolute atomic E-state index is 12.9. The van der Waals surface area contributed by atoms with Crippen LogP contribution in [0, 0.1) is 0 Å². The van der Waals surface area contributed by atoms with E-state index in [2.05, 4.69) is 20.6 Å². The Morgan fingerprint density at radius 3 is 2.41 bits per heavy atom. The number of carbonyl (C=O) groups is 1. The van der Waals surface area contributed by atoms with Crippen molar-refractivity contribution in [2.24, 2.45) is 0 Å².